The second-order valence-electron chi connectivity index (χ2n) is 4.12. The molecule has 2 heterocycles. The molecule has 1 aliphatic heterocycles. The van der Waals surface area contributed by atoms with Crippen molar-refractivity contribution in [3.63, 3.8) is 0 Å². The van der Waals surface area contributed by atoms with Crippen LogP contribution in [0.2, 0.25) is 0 Å². The first-order chi connectivity index (χ1) is 8.04. The van der Waals surface area contributed by atoms with Crippen LogP contribution in [-0.2, 0) is 16.6 Å². The molecule has 94 valence electrons. The molecule has 0 saturated heterocycles. The van der Waals surface area contributed by atoms with Crippen LogP contribution in [0, 0.1) is 0 Å². The Labute approximate surface area is 106 Å². The van der Waals surface area contributed by atoms with Crippen molar-refractivity contribution in [2.45, 2.75) is 24.8 Å². The van der Waals surface area contributed by atoms with Crippen molar-refractivity contribution in [3.8, 4) is 0 Å². The third kappa shape index (κ3) is 2.60. The van der Waals surface area contributed by atoms with Gasteiger partial charge in [0, 0.05) is 29.9 Å². The Kier molecular flexibility index (Phi) is 3.67. The van der Waals surface area contributed by atoms with Crippen molar-refractivity contribution in [2.24, 2.45) is 5.73 Å². The van der Waals surface area contributed by atoms with Crippen molar-refractivity contribution in [2.75, 3.05) is 13.1 Å². The van der Waals surface area contributed by atoms with Crippen molar-refractivity contribution in [3.05, 3.63) is 28.0 Å². The van der Waals surface area contributed by atoms with Gasteiger partial charge in [-0.2, -0.15) is 4.31 Å². The summed E-state index contributed by atoms with van der Waals surface area (Å²) in [5, 5.41) is 1.67. The Morgan fingerprint density at radius 3 is 2.82 bits per heavy atom. The first-order valence-electron chi connectivity index (χ1n) is 5.47. The van der Waals surface area contributed by atoms with Gasteiger partial charge in [-0.25, -0.2) is 8.42 Å². The zero-order valence-electron chi connectivity index (χ0n) is 9.72. The average molecular weight is 272 g/mol. The highest BCUT2D eigenvalue weighted by molar-refractivity contribution is 7.89. The van der Waals surface area contributed by atoms with Gasteiger partial charge in [0.05, 0.1) is 4.90 Å². The largest absolute Gasteiger partial charge is 0.326 e. The summed E-state index contributed by atoms with van der Waals surface area (Å²) in [6.07, 6.45) is 2.78. The smallest absolute Gasteiger partial charge is 0.244 e. The molecule has 0 radical (unpaired) electrons. The lowest BCUT2D eigenvalue weighted by atomic mass is 10.1. The summed E-state index contributed by atoms with van der Waals surface area (Å²) in [5.41, 5.74) is 6.75. The fourth-order valence-corrected chi connectivity index (χ4v) is 4.25. The SMILES string of the molecule is CC1=CCN(S(=O)(=O)c2csc(CN)c2)CC1. The minimum Gasteiger partial charge on any atom is -0.326 e. The molecular weight excluding hydrogens is 256 g/mol. The first kappa shape index (κ1) is 12.8. The highest BCUT2D eigenvalue weighted by atomic mass is 32.2. The predicted octanol–water partition coefficient (Wildman–Crippen LogP) is 1.55. The quantitative estimate of drug-likeness (QED) is 0.849. The third-order valence-corrected chi connectivity index (χ3v) is 5.82. The average Bonchev–Trinajstić information content (AvgIpc) is 2.78. The van der Waals surface area contributed by atoms with E-state index in [9.17, 15) is 8.42 Å². The van der Waals surface area contributed by atoms with Crippen LogP contribution < -0.4 is 5.73 Å². The van der Waals surface area contributed by atoms with Crippen LogP contribution in [0.4, 0.5) is 0 Å². The van der Waals surface area contributed by atoms with Crippen LogP contribution in [0.3, 0.4) is 0 Å². The van der Waals surface area contributed by atoms with Crippen LogP contribution in [0.1, 0.15) is 18.2 Å². The van der Waals surface area contributed by atoms with Crippen molar-refractivity contribution in [1.82, 2.24) is 4.31 Å². The fourth-order valence-electron chi connectivity index (χ4n) is 1.72. The van der Waals surface area contributed by atoms with E-state index < -0.39 is 10.0 Å². The number of sulfonamides is 1. The molecule has 1 aromatic rings. The number of rotatable bonds is 3. The molecule has 17 heavy (non-hydrogen) atoms. The molecule has 1 aromatic heterocycles. The van der Waals surface area contributed by atoms with Gasteiger partial charge in [-0.3, -0.25) is 0 Å². The molecule has 0 amide bonds. The van der Waals surface area contributed by atoms with Gasteiger partial charge in [0.1, 0.15) is 0 Å². The van der Waals surface area contributed by atoms with Gasteiger partial charge < -0.3 is 5.73 Å². The topological polar surface area (TPSA) is 63.4 Å². The molecule has 0 atom stereocenters. The maximum absolute atomic E-state index is 12.3. The lowest BCUT2D eigenvalue weighted by Gasteiger charge is -2.24. The van der Waals surface area contributed by atoms with Crippen LogP contribution in [0.25, 0.3) is 0 Å². The fraction of sp³-hybridized carbons (Fsp3) is 0.455. The lowest BCUT2D eigenvalue weighted by molar-refractivity contribution is 0.431. The molecule has 0 unspecified atom stereocenters. The van der Waals surface area contributed by atoms with E-state index in [-0.39, 0.29) is 0 Å². The highest BCUT2D eigenvalue weighted by Crippen LogP contribution is 2.24. The Bertz CT molecular complexity index is 531. The molecule has 6 heteroatoms. The maximum atomic E-state index is 12.3. The zero-order chi connectivity index (χ0) is 12.5. The number of hydrogen-bond acceptors (Lipinski definition) is 4. The molecule has 0 aromatic carbocycles. The summed E-state index contributed by atoms with van der Waals surface area (Å²) in [7, 11) is -3.33. The Morgan fingerprint density at radius 1 is 1.53 bits per heavy atom. The summed E-state index contributed by atoms with van der Waals surface area (Å²) in [6.45, 7) is 3.46. The van der Waals surface area contributed by atoms with E-state index in [1.165, 1.54) is 21.2 Å². The maximum Gasteiger partial charge on any atom is 0.244 e. The van der Waals surface area contributed by atoms with Gasteiger partial charge in [-0.1, -0.05) is 11.6 Å². The van der Waals surface area contributed by atoms with E-state index in [2.05, 4.69) is 0 Å². The molecule has 0 saturated carbocycles. The Morgan fingerprint density at radius 2 is 2.29 bits per heavy atom. The van der Waals surface area contributed by atoms with Gasteiger partial charge in [0.25, 0.3) is 0 Å². The number of hydrogen-bond donors (Lipinski definition) is 1. The Balaban J connectivity index is 2.24. The van der Waals surface area contributed by atoms with Crippen LogP contribution in [0.5, 0.6) is 0 Å². The summed E-state index contributed by atoms with van der Waals surface area (Å²) in [4.78, 5) is 1.27. The molecule has 0 fully saturated rings. The van der Waals surface area contributed by atoms with Crippen LogP contribution >= 0.6 is 11.3 Å². The zero-order valence-corrected chi connectivity index (χ0v) is 11.4. The van der Waals surface area contributed by atoms with Gasteiger partial charge in [-0.05, 0) is 19.4 Å². The normalized spacial score (nSPS) is 18.1. The van der Waals surface area contributed by atoms with E-state index in [0.717, 1.165) is 11.3 Å². The minimum absolute atomic E-state index is 0.371. The first-order valence-corrected chi connectivity index (χ1v) is 7.79. The summed E-state index contributed by atoms with van der Waals surface area (Å²) in [6, 6.07) is 1.67. The monoisotopic (exact) mass is 272 g/mol. The summed E-state index contributed by atoms with van der Waals surface area (Å²) < 4.78 is 26.1. The van der Waals surface area contributed by atoms with Gasteiger partial charge in [0.15, 0.2) is 0 Å². The lowest BCUT2D eigenvalue weighted by Crippen LogP contribution is -2.34. The van der Waals surface area contributed by atoms with E-state index >= 15 is 0 Å². The predicted molar refractivity (Wildman–Crippen MR) is 69.3 cm³/mol. The molecule has 2 rings (SSSR count). The molecule has 2 N–H and O–H groups in total. The number of nitrogens with two attached hydrogens (primary N) is 1. The van der Waals surface area contributed by atoms with E-state index in [1.54, 1.807) is 11.4 Å². The van der Waals surface area contributed by atoms with Gasteiger partial charge >= 0.3 is 0 Å². The van der Waals surface area contributed by atoms with E-state index in [4.69, 9.17) is 5.73 Å². The molecule has 0 aliphatic carbocycles. The molecule has 0 spiro atoms. The van der Waals surface area contributed by atoms with Gasteiger partial charge in [-0.15, -0.1) is 11.3 Å². The van der Waals surface area contributed by atoms with Crippen molar-refractivity contribution in [1.29, 1.82) is 0 Å². The highest BCUT2D eigenvalue weighted by Gasteiger charge is 2.26. The van der Waals surface area contributed by atoms with Crippen molar-refractivity contribution < 1.29 is 8.42 Å². The number of thiophene rings is 1. The Hall–Kier alpha value is -0.690. The second-order valence-corrected chi connectivity index (χ2v) is 7.05. The second kappa shape index (κ2) is 4.89. The van der Waals surface area contributed by atoms with Crippen LogP contribution in [0.15, 0.2) is 28.0 Å². The molecule has 0 bridgehead atoms. The number of nitrogens with zero attached hydrogens (tertiary/aromatic N) is 1. The van der Waals surface area contributed by atoms with E-state index in [0.29, 0.717) is 24.5 Å². The summed E-state index contributed by atoms with van der Waals surface area (Å²) in [5.74, 6) is 0. The van der Waals surface area contributed by atoms with E-state index in [1.807, 2.05) is 13.0 Å². The molecular formula is C11H16N2O2S2. The summed E-state index contributed by atoms with van der Waals surface area (Å²) >= 11 is 1.39. The van der Waals surface area contributed by atoms with Crippen LogP contribution in [-0.4, -0.2) is 25.8 Å². The molecule has 1 aliphatic rings. The van der Waals surface area contributed by atoms with Crippen molar-refractivity contribution >= 4 is 21.4 Å². The third-order valence-electron chi connectivity index (χ3n) is 2.87. The standard InChI is InChI=1S/C11H16N2O2S2/c1-9-2-4-13(5-3-9)17(14,15)11-6-10(7-12)16-8-11/h2,6,8H,3-5,7,12H2,1H3. The molecule has 4 nitrogen and oxygen atoms in total. The van der Waals surface area contributed by atoms with Gasteiger partial charge in [0.2, 0.25) is 10.0 Å². The minimum atomic E-state index is -3.33.